The Labute approximate surface area is 133 Å². The Balaban J connectivity index is 1.72. The van der Waals surface area contributed by atoms with Crippen LogP contribution in [0.2, 0.25) is 0 Å². The van der Waals surface area contributed by atoms with Gasteiger partial charge in [0.05, 0.1) is 0 Å². The Bertz CT molecular complexity index is 502. The van der Waals surface area contributed by atoms with Gasteiger partial charge in [0.1, 0.15) is 5.82 Å². The second-order valence-electron chi connectivity index (χ2n) is 7.08. The van der Waals surface area contributed by atoms with E-state index in [1.165, 1.54) is 6.07 Å². The summed E-state index contributed by atoms with van der Waals surface area (Å²) in [6.07, 6.45) is 1.72. The van der Waals surface area contributed by atoms with E-state index in [1.807, 2.05) is 37.8 Å². The summed E-state index contributed by atoms with van der Waals surface area (Å²) in [5, 5.41) is 0. The van der Waals surface area contributed by atoms with Crippen molar-refractivity contribution >= 4 is 5.91 Å². The molecule has 1 fully saturated rings. The fourth-order valence-corrected chi connectivity index (χ4v) is 2.84. The molecule has 0 bridgehead atoms. The van der Waals surface area contributed by atoms with E-state index in [1.54, 1.807) is 6.07 Å². The summed E-state index contributed by atoms with van der Waals surface area (Å²) < 4.78 is 13.5. The second-order valence-corrected chi connectivity index (χ2v) is 7.08. The van der Waals surface area contributed by atoms with Crippen molar-refractivity contribution in [1.82, 2.24) is 9.80 Å². The van der Waals surface area contributed by atoms with Gasteiger partial charge in [-0.15, -0.1) is 0 Å². The molecule has 1 aliphatic heterocycles. The Morgan fingerprint density at radius 2 is 1.77 bits per heavy atom. The minimum absolute atomic E-state index is 0.108. The molecule has 4 heteroatoms. The average molecular weight is 306 g/mol. The maximum Gasteiger partial charge on any atom is 0.228 e. The largest absolute Gasteiger partial charge is 0.340 e. The Morgan fingerprint density at radius 3 is 2.36 bits per heavy atom. The molecule has 0 aromatic heterocycles. The van der Waals surface area contributed by atoms with Gasteiger partial charge in [0, 0.05) is 31.6 Å². The molecule has 1 aliphatic rings. The summed E-state index contributed by atoms with van der Waals surface area (Å²) in [5.74, 6) is 0.126. The van der Waals surface area contributed by atoms with E-state index in [0.29, 0.717) is 0 Å². The normalized spacial score (nSPS) is 16.8. The Kier molecular flexibility index (Phi) is 5.57. The van der Waals surface area contributed by atoms with Crippen LogP contribution in [0.4, 0.5) is 4.39 Å². The lowest BCUT2D eigenvalue weighted by molar-refractivity contribution is -0.141. The first-order valence-corrected chi connectivity index (χ1v) is 8.13. The number of piperazine rings is 1. The van der Waals surface area contributed by atoms with Gasteiger partial charge in [-0.05, 0) is 31.0 Å². The fourth-order valence-electron chi connectivity index (χ4n) is 2.84. The maximum atomic E-state index is 13.5. The fraction of sp³-hybridized carbons (Fsp3) is 0.611. The van der Waals surface area contributed by atoms with Crippen LogP contribution >= 0.6 is 0 Å². The molecule has 0 aliphatic carbocycles. The van der Waals surface area contributed by atoms with Crippen LogP contribution in [-0.4, -0.2) is 48.4 Å². The minimum Gasteiger partial charge on any atom is -0.340 e. The van der Waals surface area contributed by atoms with Crippen LogP contribution < -0.4 is 0 Å². The molecular formula is C18H27FN2O. The molecule has 2 rings (SSSR count). The van der Waals surface area contributed by atoms with Crippen molar-refractivity contribution in [3.8, 4) is 0 Å². The van der Waals surface area contributed by atoms with E-state index in [0.717, 1.165) is 51.1 Å². The van der Waals surface area contributed by atoms with Gasteiger partial charge in [0.15, 0.2) is 0 Å². The molecule has 22 heavy (non-hydrogen) atoms. The average Bonchev–Trinajstić information content (AvgIpc) is 2.48. The zero-order chi connectivity index (χ0) is 16.2. The molecule has 0 radical (unpaired) electrons. The van der Waals surface area contributed by atoms with Crippen LogP contribution in [0.1, 0.15) is 32.8 Å². The standard InChI is InChI=1S/C18H27FN2O/c1-18(2,3)17(22)21-13-11-20(12-14-21)10-6-8-15-7-4-5-9-16(15)19/h4-5,7,9H,6,8,10-14H2,1-3H3. The SMILES string of the molecule is CC(C)(C)C(=O)N1CCN(CCCc2ccccc2F)CC1. The number of halogens is 1. The maximum absolute atomic E-state index is 13.5. The number of carbonyl (C=O) groups is 1. The summed E-state index contributed by atoms with van der Waals surface area (Å²) in [5.41, 5.74) is 0.497. The van der Waals surface area contributed by atoms with Gasteiger partial charge in [-0.2, -0.15) is 0 Å². The molecule has 1 saturated heterocycles. The number of aryl methyl sites for hydroxylation is 1. The molecule has 0 spiro atoms. The van der Waals surface area contributed by atoms with Gasteiger partial charge in [-0.25, -0.2) is 4.39 Å². The van der Waals surface area contributed by atoms with Gasteiger partial charge in [-0.3, -0.25) is 9.69 Å². The lowest BCUT2D eigenvalue weighted by atomic mass is 9.94. The van der Waals surface area contributed by atoms with E-state index < -0.39 is 0 Å². The van der Waals surface area contributed by atoms with E-state index in [2.05, 4.69) is 4.90 Å². The molecule has 1 aromatic rings. The number of amides is 1. The molecule has 1 amide bonds. The smallest absolute Gasteiger partial charge is 0.228 e. The van der Waals surface area contributed by atoms with Gasteiger partial charge in [0.25, 0.3) is 0 Å². The molecule has 0 unspecified atom stereocenters. The number of carbonyl (C=O) groups excluding carboxylic acids is 1. The third-order valence-electron chi connectivity index (χ3n) is 4.18. The second kappa shape index (κ2) is 7.23. The van der Waals surface area contributed by atoms with Crippen LogP contribution in [0.3, 0.4) is 0 Å². The molecule has 1 heterocycles. The summed E-state index contributed by atoms with van der Waals surface area (Å²) >= 11 is 0. The van der Waals surface area contributed by atoms with Crippen molar-refractivity contribution in [2.24, 2.45) is 5.41 Å². The van der Waals surface area contributed by atoms with Crippen molar-refractivity contribution in [1.29, 1.82) is 0 Å². The highest BCUT2D eigenvalue weighted by Crippen LogP contribution is 2.18. The van der Waals surface area contributed by atoms with E-state index >= 15 is 0 Å². The van der Waals surface area contributed by atoms with E-state index in [4.69, 9.17) is 0 Å². The molecule has 0 saturated carbocycles. The quantitative estimate of drug-likeness (QED) is 0.854. The lowest BCUT2D eigenvalue weighted by Crippen LogP contribution is -2.51. The molecule has 122 valence electrons. The highest BCUT2D eigenvalue weighted by Gasteiger charge is 2.29. The number of rotatable bonds is 4. The molecule has 0 atom stereocenters. The zero-order valence-corrected chi connectivity index (χ0v) is 13.9. The summed E-state index contributed by atoms with van der Waals surface area (Å²) in [6, 6.07) is 6.99. The number of nitrogens with zero attached hydrogens (tertiary/aromatic N) is 2. The predicted octanol–water partition coefficient (Wildman–Crippen LogP) is 2.95. The lowest BCUT2D eigenvalue weighted by Gasteiger charge is -2.37. The predicted molar refractivity (Wildman–Crippen MR) is 87.2 cm³/mol. The Morgan fingerprint density at radius 1 is 1.14 bits per heavy atom. The van der Waals surface area contributed by atoms with Crippen LogP contribution in [0.15, 0.2) is 24.3 Å². The molecular weight excluding hydrogens is 279 g/mol. The van der Waals surface area contributed by atoms with Gasteiger partial charge in [-0.1, -0.05) is 39.0 Å². The first kappa shape index (κ1) is 16.9. The topological polar surface area (TPSA) is 23.6 Å². The molecule has 3 nitrogen and oxygen atoms in total. The van der Waals surface area contributed by atoms with Gasteiger partial charge in [0.2, 0.25) is 5.91 Å². The number of benzene rings is 1. The third-order valence-corrected chi connectivity index (χ3v) is 4.18. The van der Waals surface area contributed by atoms with Gasteiger partial charge < -0.3 is 4.90 Å². The molecule has 1 aromatic carbocycles. The van der Waals surface area contributed by atoms with Crippen molar-refractivity contribution in [2.45, 2.75) is 33.6 Å². The summed E-state index contributed by atoms with van der Waals surface area (Å²) in [4.78, 5) is 16.6. The first-order chi connectivity index (χ1) is 10.4. The number of hydrogen-bond acceptors (Lipinski definition) is 2. The van der Waals surface area contributed by atoms with Gasteiger partial charge >= 0.3 is 0 Å². The van der Waals surface area contributed by atoms with Crippen LogP contribution in [-0.2, 0) is 11.2 Å². The molecule has 0 N–H and O–H groups in total. The number of hydrogen-bond donors (Lipinski definition) is 0. The van der Waals surface area contributed by atoms with Crippen molar-refractivity contribution < 1.29 is 9.18 Å². The van der Waals surface area contributed by atoms with Crippen molar-refractivity contribution in [3.05, 3.63) is 35.6 Å². The van der Waals surface area contributed by atoms with Crippen molar-refractivity contribution in [3.63, 3.8) is 0 Å². The van der Waals surface area contributed by atoms with Crippen LogP contribution in [0.25, 0.3) is 0 Å². The summed E-state index contributed by atoms with van der Waals surface area (Å²) in [6.45, 7) is 10.3. The highest BCUT2D eigenvalue weighted by molar-refractivity contribution is 5.81. The van der Waals surface area contributed by atoms with Crippen LogP contribution in [0.5, 0.6) is 0 Å². The van der Waals surface area contributed by atoms with Crippen molar-refractivity contribution in [2.75, 3.05) is 32.7 Å². The van der Waals surface area contributed by atoms with Crippen LogP contribution in [0, 0.1) is 11.2 Å². The first-order valence-electron chi connectivity index (χ1n) is 8.13. The van der Waals surface area contributed by atoms with E-state index in [-0.39, 0.29) is 17.1 Å². The minimum atomic E-state index is -0.299. The Hall–Kier alpha value is -1.42. The highest BCUT2D eigenvalue weighted by atomic mass is 19.1. The monoisotopic (exact) mass is 306 g/mol. The summed E-state index contributed by atoms with van der Waals surface area (Å²) in [7, 11) is 0. The van der Waals surface area contributed by atoms with E-state index in [9.17, 15) is 9.18 Å². The zero-order valence-electron chi connectivity index (χ0n) is 13.9. The third kappa shape index (κ3) is 4.54.